The van der Waals surface area contributed by atoms with Gasteiger partial charge in [-0.2, -0.15) is 0 Å². The van der Waals surface area contributed by atoms with Crippen molar-refractivity contribution < 1.29 is 0 Å². The minimum Gasteiger partial charge on any atom is -0.298 e. The second-order valence-corrected chi connectivity index (χ2v) is 2.88. The number of nitrogens with one attached hydrogen (secondary N) is 1. The third-order valence-corrected chi connectivity index (χ3v) is 2.36. The molecule has 1 saturated heterocycles. The first kappa shape index (κ1) is 4.77. The largest absolute Gasteiger partial charge is 0.298 e. The Hall–Kier alpha value is -0.0800. The van der Waals surface area contributed by atoms with Gasteiger partial charge in [0, 0.05) is 13.1 Å². The van der Waals surface area contributed by atoms with Crippen LogP contribution in [0.15, 0.2) is 0 Å². The van der Waals surface area contributed by atoms with Crippen LogP contribution in [0.1, 0.15) is 12.8 Å². The minimum absolute atomic E-state index is 0.486. The van der Waals surface area contributed by atoms with Gasteiger partial charge in [0.1, 0.15) is 0 Å². The van der Waals surface area contributed by atoms with Crippen LogP contribution in [0.25, 0.3) is 0 Å². The quantitative estimate of drug-likeness (QED) is 0.475. The Morgan fingerprint density at radius 1 is 1.50 bits per heavy atom. The van der Waals surface area contributed by atoms with Crippen molar-refractivity contribution in [3.63, 3.8) is 0 Å². The lowest BCUT2D eigenvalue weighted by molar-refractivity contribution is 0.273. The van der Waals surface area contributed by atoms with Crippen LogP contribution in [-0.2, 0) is 0 Å². The van der Waals surface area contributed by atoms with E-state index in [0.717, 1.165) is 0 Å². The van der Waals surface area contributed by atoms with Crippen molar-refractivity contribution in [1.29, 1.82) is 0 Å². The number of likely N-dealkylation sites (N-methyl/N-ethyl adjacent to an activating group) is 1. The second kappa shape index (κ2) is 1.25. The molecule has 2 aliphatic rings. The monoisotopic (exact) mass is 112 g/mol. The van der Waals surface area contributed by atoms with E-state index in [1.165, 1.54) is 25.9 Å². The highest BCUT2D eigenvalue weighted by atomic mass is 15.4. The van der Waals surface area contributed by atoms with Crippen molar-refractivity contribution in [2.24, 2.45) is 0 Å². The van der Waals surface area contributed by atoms with Gasteiger partial charge in [-0.05, 0) is 19.9 Å². The van der Waals surface area contributed by atoms with Crippen LogP contribution < -0.4 is 5.32 Å². The first-order valence-corrected chi connectivity index (χ1v) is 3.30. The second-order valence-electron chi connectivity index (χ2n) is 2.88. The van der Waals surface area contributed by atoms with Crippen molar-refractivity contribution in [2.75, 3.05) is 20.1 Å². The summed E-state index contributed by atoms with van der Waals surface area (Å²) in [5, 5.41) is 3.48. The fourth-order valence-corrected chi connectivity index (χ4v) is 1.48. The zero-order valence-electron chi connectivity index (χ0n) is 5.28. The van der Waals surface area contributed by atoms with E-state index in [4.69, 9.17) is 0 Å². The summed E-state index contributed by atoms with van der Waals surface area (Å²) < 4.78 is 0. The van der Waals surface area contributed by atoms with Crippen LogP contribution in [0, 0.1) is 0 Å². The SMILES string of the molecule is CN1CCNC12CC2. The summed E-state index contributed by atoms with van der Waals surface area (Å²) in [5.41, 5.74) is 0.486. The Labute approximate surface area is 49.9 Å². The van der Waals surface area contributed by atoms with E-state index >= 15 is 0 Å². The zero-order chi connectivity index (χ0) is 5.61. The van der Waals surface area contributed by atoms with Gasteiger partial charge >= 0.3 is 0 Å². The molecule has 2 fully saturated rings. The van der Waals surface area contributed by atoms with Crippen LogP contribution >= 0.6 is 0 Å². The van der Waals surface area contributed by atoms with Crippen LogP contribution in [0.2, 0.25) is 0 Å². The molecule has 1 aliphatic carbocycles. The molecule has 1 spiro atoms. The highest BCUT2D eigenvalue weighted by molar-refractivity contribution is 5.03. The number of rotatable bonds is 0. The predicted octanol–water partition coefficient (Wildman–Crippen LogP) is 0.0115. The molecule has 0 atom stereocenters. The van der Waals surface area contributed by atoms with Crippen molar-refractivity contribution in [1.82, 2.24) is 10.2 Å². The zero-order valence-corrected chi connectivity index (χ0v) is 5.28. The van der Waals surface area contributed by atoms with Crippen LogP contribution in [0.4, 0.5) is 0 Å². The average Bonchev–Trinajstić information content (AvgIpc) is 2.39. The lowest BCUT2D eigenvalue weighted by atomic mass is 10.5. The highest BCUT2D eigenvalue weighted by Crippen LogP contribution is 2.39. The van der Waals surface area contributed by atoms with Crippen molar-refractivity contribution >= 4 is 0 Å². The Morgan fingerprint density at radius 3 is 2.50 bits per heavy atom. The molecule has 0 bridgehead atoms. The molecule has 1 aliphatic heterocycles. The third kappa shape index (κ3) is 0.446. The lowest BCUT2D eigenvalue weighted by Crippen LogP contribution is -2.34. The summed E-state index contributed by atoms with van der Waals surface area (Å²) in [7, 11) is 2.20. The Kier molecular flexibility index (Phi) is 0.746. The van der Waals surface area contributed by atoms with E-state index < -0.39 is 0 Å². The Bertz CT molecular complexity index is 107. The van der Waals surface area contributed by atoms with E-state index in [1.54, 1.807) is 0 Å². The maximum atomic E-state index is 3.48. The number of hydrogen-bond donors (Lipinski definition) is 1. The third-order valence-electron chi connectivity index (χ3n) is 2.36. The highest BCUT2D eigenvalue weighted by Gasteiger charge is 2.48. The summed E-state index contributed by atoms with van der Waals surface area (Å²) in [4.78, 5) is 2.42. The van der Waals surface area contributed by atoms with E-state index in [-0.39, 0.29) is 0 Å². The smallest absolute Gasteiger partial charge is 0.0713 e. The van der Waals surface area contributed by atoms with E-state index in [0.29, 0.717) is 5.66 Å². The predicted molar refractivity (Wildman–Crippen MR) is 32.6 cm³/mol. The van der Waals surface area contributed by atoms with Crippen molar-refractivity contribution in [3.8, 4) is 0 Å². The molecule has 8 heavy (non-hydrogen) atoms. The summed E-state index contributed by atoms with van der Waals surface area (Å²) in [6.07, 6.45) is 2.73. The molecule has 0 aromatic rings. The molecule has 2 nitrogen and oxygen atoms in total. The Morgan fingerprint density at radius 2 is 2.25 bits per heavy atom. The summed E-state index contributed by atoms with van der Waals surface area (Å²) in [6.45, 7) is 2.43. The molecule has 1 heterocycles. The topological polar surface area (TPSA) is 15.3 Å². The molecular formula is C6H12N2. The van der Waals surface area contributed by atoms with Crippen LogP contribution in [0.3, 0.4) is 0 Å². The molecule has 0 aromatic carbocycles. The standard InChI is InChI=1S/C6H12N2/c1-8-5-4-7-6(8)2-3-6/h7H,2-5H2,1H3. The first-order chi connectivity index (χ1) is 3.83. The molecule has 2 rings (SSSR count). The normalized spacial score (nSPS) is 34.1. The Balaban J connectivity index is 2.12. The summed E-state index contributed by atoms with van der Waals surface area (Å²) in [6, 6.07) is 0. The van der Waals surface area contributed by atoms with Gasteiger partial charge in [0.15, 0.2) is 0 Å². The first-order valence-electron chi connectivity index (χ1n) is 3.30. The molecule has 2 heteroatoms. The van der Waals surface area contributed by atoms with Gasteiger partial charge in [0.05, 0.1) is 5.66 Å². The maximum Gasteiger partial charge on any atom is 0.0713 e. The van der Waals surface area contributed by atoms with Crippen molar-refractivity contribution in [2.45, 2.75) is 18.5 Å². The summed E-state index contributed by atoms with van der Waals surface area (Å²) >= 11 is 0. The van der Waals surface area contributed by atoms with Gasteiger partial charge in [0.25, 0.3) is 0 Å². The molecule has 1 N–H and O–H groups in total. The van der Waals surface area contributed by atoms with E-state index in [2.05, 4.69) is 17.3 Å². The van der Waals surface area contributed by atoms with Gasteiger partial charge < -0.3 is 0 Å². The molecular weight excluding hydrogens is 100 g/mol. The van der Waals surface area contributed by atoms with Gasteiger partial charge in [-0.3, -0.25) is 10.2 Å². The van der Waals surface area contributed by atoms with Crippen LogP contribution in [-0.4, -0.2) is 30.7 Å². The number of hydrogen-bond acceptors (Lipinski definition) is 2. The minimum atomic E-state index is 0.486. The summed E-state index contributed by atoms with van der Waals surface area (Å²) in [5.74, 6) is 0. The lowest BCUT2D eigenvalue weighted by Gasteiger charge is -2.16. The van der Waals surface area contributed by atoms with Gasteiger partial charge in [-0.1, -0.05) is 0 Å². The van der Waals surface area contributed by atoms with Gasteiger partial charge in [0.2, 0.25) is 0 Å². The van der Waals surface area contributed by atoms with E-state index in [9.17, 15) is 0 Å². The molecule has 1 saturated carbocycles. The molecule has 0 amide bonds. The molecule has 46 valence electrons. The molecule has 0 unspecified atom stereocenters. The molecule has 0 aromatic heterocycles. The average molecular weight is 112 g/mol. The fourth-order valence-electron chi connectivity index (χ4n) is 1.48. The van der Waals surface area contributed by atoms with Crippen LogP contribution in [0.5, 0.6) is 0 Å². The number of nitrogens with zero attached hydrogens (tertiary/aromatic N) is 1. The van der Waals surface area contributed by atoms with Gasteiger partial charge in [-0.25, -0.2) is 0 Å². The van der Waals surface area contributed by atoms with Crippen molar-refractivity contribution in [3.05, 3.63) is 0 Å². The molecule has 0 radical (unpaired) electrons. The van der Waals surface area contributed by atoms with Gasteiger partial charge in [-0.15, -0.1) is 0 Å². The van der Waals surface area contributed by atoms with E-state index in [1.807, 2.05) is 0 Å². The maximum absolute atomic E-state index is 3.48. The fraction of sp³-hybridized carbons (Fsp3) is 1.00.